The summed E-state index contributed by atoms with van der Waals surface area (Å²) >= 11 is 0. The van der Waals surface area contributed by atoms with Gasteiger partial charge in [-0.3, -0.25) is 0 Å². The molecule has 0 aliphatic rings. The van der Waals surface area contributed by atoms with Crippen molar-refractivity contribution in [3.8, 4) is 0 Å². The van der Waals surface area contributed by atoms with Crippen molar-refractivity contribution in [3.63, 3.8) is 0 Å². The molecule has 1 atom stereocenters. The number of aliphatic hydroxyl groups is 1. The average Bonchev–Trinajstić information content (AvgIpc) is 2.34. The Kier molecular flexibility index (Phi) is 13.2. The van der Waals surface area contributed by atoms with E-state index in [1.807, 2.05) is 20.8 Å². The molecule has 5 nitrogen and oxygen atoms in total. The van der Waals surface area contributed by atoms with Crippen LogP contribution in [0.15, 0.2) is 0 Å². The summed E-state index contributed by atoms with van der Waals surface area (Å²) in [6.45, 7) is 8.88. The van der Waals surface area contributed by atoms with Crippen molar-refractivity contribution in [1.82, 2.24) is 0 Å². The Labute approximate surface area is 117 Å². The van der Waals surface area contributed by atoms with Crippen LogP contribution in [0.3, 0.4) is 0 Å². The largest absolute Gasteiger partial charge is 0.555 e. The summed E-state index contributed by atoms with van der Waals surface area (Å²) in [6, 6.07) is 0. The van der Waals surface area contributed by atoms with E-state index in [0.717, 1.165) is 0 Å². The second kappa shape index (κ2) is 11.6. The summed E-state index contributed by atoms with van der Waals surface area (Å²) in [4.78, 5) is 0. The van der Waals surface area contributed by atoms with Crippen LogP contribution in [0.4, 0.5) is 0 Å². The predicted molar refractivity (Wildman–Crippen MR) is 73.2 cm³/mol. The Balaban J connectivity index is -0.00000162. The summed E-state index contributed by atoms with van der Waals surface area (Å²) in [5, 5.41) is 9.25. The summed E-state index contributed by atoms with van der Waals surface area (Å²) in [6.07, 6.45) is 0. The van der Waals surface area contributed by atoms with Crippen LogP contribution in [0.1, 0.15) is 20.8 Å². The fourth-order valence-corrected chi connectivity index (χ4v) is 1.48. The van der Waals surface area contributed by atoms with Crippen LogP contribution in [0.2, 0.25) is 0 Å². The van der Waals surface area contributed by atoms with Crippen molar-refractivity contribution in [3.05, 3.63) is 14.2 Å². The van der Waals surface area contributed by atoms with E-state index < -0.39 is 5.41 Å². The number of aliphatic hydroxyl groups excluding tert-OH is 1. The van der Waals surface area contributed by atoms with Gasteiger partial charge in [-0.1, -0.05) is 20.8 Å². The van der Waals surface area contributed by atoms with Gasteiger partial charge >= 0.3 is 0 Å². The third kappa shape index (κ3) is 11.3. The van der Waals surface area contributed by atoms with Gasteiger partial charge in [-0.05, 0) is 0 Å². The van der Waals surface area contributed by atoms with Crippen LogP contribution in [-0.4, -0.2) is 51.4 Å². The minimum absolute atomic E-state index is 0. The van der Waals surface area contributed by atoms with Gasteiger partial charge in [0.15, 0.2) is 0 Å². The average molecular weight is 810 g/mol. The molecular weight excluding hydrogens is 782 g/mol. The van der Waals surface area contributed by atoms with Gasteiger partial charge in [-0.2, -0.15) is 0 Å². The third-order valence-electron chi connectivity index (χ3n) is 2.64. The van der Waals surface area contributed by atoms with Gasteiger partial charge in [-0.25, -0.2) is 14.2 Å². The smallest absolute Gasteiger partial charge is 0.0700 e. The van der Waals surface area contributed by atoms with Crippen LogP contribution >= 0.6 is 0 Å². The molecule has 0 aromatic carbocycles. The zero-order chi connectivity index (χ0) is 14.8. The second-order valence-electron chi connectivity index (χ2n) is 5.94. The van der Waals surface area contributed by atoms with Crippen molar-refractivity contribution in [2.75, 3.05) is 46.2 Å². The standard InChI is InChI=1S/C14H28O5.2Rf/c1-13(2,9-16-4)10-18-6-7-19-12-14(3,8-15)11-17-5;;/h15H,4-12H2,1-3H3;;/q-2;;. The number of hydrogen-bond acceptors (Lipinski definition) is 5. The molecule has 21 heavy (non-hydrogen) atoms. The van der Waals surface area contributed by atoms with Gasteiger partial charge in [0.05, 0.1) is 33.0 Å². The molecule has 0 aliphatic heterocycles. The van der Waals surface area contributed by atoms with E-state index in [4.69, 9.17) is 18.9 Å². The van der Waals surface area contributed by atoms with E-state index in [1.54, 1.807) is 0 Å². The van der Waals surface area contributed by atoms with E-state index >= 15 is 0 Å². The molecule has 0 bridgehead atoms. The number of ether oxygens (including phenoxy) is 4. The molecule has 1 N–H and O–H groups in total. The molecule has 0 rings (SSSR count). The maximum absolute atomic E-state index is 9.25. The summed E-state index contributed by atoms with van der Waals surface area (Å²) < 4.78 is 20.7. The summed E-state index contributed by atoms with van der Waals surface area (Å²) in [5.74, 6) is 0. The molecule has 7 heteroatoms. The first-order valence-corrected chi connectivity index (χ1v) is 6.39. The van der Waals surface area contributed by atoms with Crippen molar-refractivity contribution in [1.29, 1.82) is 0 Å². The predicted octanol–water partition coefficient (Wildman–Crippen LogP) is 1.66. The van der Waals surface area contributed by atoms with Gasteiger partial charge in [0.2, 0.25) is 0 Å². The van der Waals surface area contributed by atoms with Gasteiger partial charge in [0.1, 0.15) is 0 Å². The summed E-state index contributed by atoms with van der Waals surface area (Å²) in [5.41, 5.74) is -0.466. The van der Waals surface area contributed by atoms with Gasteiger partial charge in [0, 0.05) is 24.0 Å². The normalized spacial score (nSPS) is 14.0. The molecule has 0 radical (unpaired) electrons. The third-order valence-corrected chi connectivity index (χ3v) is 2.64. The quantitative estimate of drug-likeness (QED) is 0.241. The van der Waals surface area contributed by atoms with Crippen molar-refractivity contribution in [2.45, 2.75) is 20.8 Å². The first-order valence-electron chi connectivity index (χ1n) is 6.39. The first-order chi connectivity index (χ1) is 8.89. The Morgan fingerprint density at radius 3 is 1.71 bits per heavy atom. The van der Waals surface area contributed by atoms with Crippen LogP contribution < -0.4 is 0 Å². The Hall–Kier alpha value is -2.20. The van der Waals surface area contributed by atoms with E-state index in [2.05, 4.69) is 14.2 Å². The molecule has 1 unspecified atom stereocenters. The topological polar surface area (TPSA) is 57.2 Å². The minimum atomic E-state index is -0.414. The number of rotatable bonds is 12. The Morgan fingerprint density at radius 2 is 1.29 bits per heavy atom. The molecule has 0 aliphatic carbocycles. The minimum Gasteiger partial charge on any atom is -0.555 e. The Morgan fingerprint density at radius 1 is 0.810 bits per heavy atom. The fraction of sp³-hybridized carbons (Fsp3) is 0.857. The first kappa shape index (κ1) is 23.9. The van der Waals surface area contributed by atoms with Crippen molar-refractivity contribution < 1.29 is 24.1 Å². The molecule has 0 heterocycles. The van der Waals surface area contributed by atoms with E-state index in [-0.39, 0.29) is 12.0 Å². The van der Waals surface area contributed by atoms with Gasteiger partial charge < -0.3 is 24.1 Å². The van der Waals surface area contributed by atoms with Crippen molar-refractivity contribution >= 4 is 0 Å². The maximum Gasteiger partial charge on any atom is 0.0700 e. The molecule has 0 aromatic heterocycles. The Bertz CT molecular complexity index is 229. The monoisotopic (exact) mass is 810 g/mol. The fourth-order valence-electron chi connectivity index (χ4n) is 1.48. The second-order valence-corrected chi connectivity index (χ2v) is 5.94. The van der Waals surface area contributed by atoms with Gasteiger partial charge in [0.25, 0.3) is 0 Å². The molecular formula is C14H28O5Rf2-2. The van der Waals surface area contributed by atoms with Gasteiger partial charge in [-0.15, -0.1) is 0 Å². The zero-order valence-corrected chi connectivity index (χ0v) is 26.7. The molecule has 0 spiro atoms. The maximum atomic E-state index is 9.25. The van der Waals surface area contributed by atoms with Crippen LogP contribution in [0.25, 0.3) is 0 Å². The number of hydrogen-bond donors (Lipinski definition) is 1. The van der Waals surface area contributed by atoms with Crippen molar-refractivity contribution in [2.24, 2.45) is 10.8 Å². The van der Waals surface area contributed by atoms with E-state index in [0.29, 0.717) is 39.6 Å². The van der Waals surface area contributed by atoms with Crippen LogP contribution in [0.5, 0.6) is 0 Å². The van der Waals surface area contributed by atoms with E-state index in [1.165, 1.54) is 0 Å². The molecule has 120 valence electrons. The molecule has 0 amide bonds. The molecule has 0 saturated heterocycles. The molecule has 0 saturated carbocycles. The summed E-state index contributed by atoms with van der Waals surface area (Å²) in [7, 11) is 6.67. The van der Waals surface area contributed by atoms with Crippen LogP contribution in [-0.2, 0) is 18.9 Å². The zero-order valence-electron chi connectivity index (χ0n) is 13.9. The molecule has 0 fully saturated rings. The molecule has 0 aromatic rings. The SMILES string of the molecule is [CH2-]OCC(C)(C)COCCOCC(C)(CO)CO[CH2-].[Rf].[Rf]. The van der Waals surface area contributed by atoms with E-state index in [9.17, 15) is 5.11 Å². The van der Waals surface area contributed by atoms with Crippen LogP contribution in [0, 0.1) is 25.0 Å².